The van der Waals surface area contributed by atoms with Gasteiger partial charge < -0.3 is 10.6 Å². The van der Waals surface area contributed by atoms with Crippen LogP contribution in [0.15, 0.2) is 48.5 Å². The van der Waals surface area contributed by atoms with Crippen LogP contribution in [0, 0.1) is 18.6 Å². The van der Waals surface area contributed by atoms with Gasteiger partial charge in [-0.2, -0.15) is 0 Å². The Kier molecular flexibility index (Phi) is 4.52. The molecule has 3 rings (SSSR count). The van der Waals surface area contributed by atoms with E-state index in [1.165, 1.54) is 47.7 Å². The number of benzene rings is 2. The predicted molar refractivity (Wildman–Crippen MR) is 90.9 cm³/mol. The molecule has 0 aliphatic carbocycles. The molecule has 0 atom stereocenters. The fraction of sp³-hybridized carbons (Fsp3) is 0.0588. The minimum Gasteiger partial charge on any atom is -0.332 e. The van der Waals surface area contributed by atoms with Crippen molar-refractivity contribution in [3.05, 3.63) is 70.7 Å². The largest absolute Gasteiger partial charge is 0.332 e. The molecule has 0 aliphatic rings. The van der Waals surface area contributed by atoms with Crippen molar-refractivity contribution >= 4 is 33.8 Å². The monoisotopic (exact) mass is 345 g/mol. The van der Waals surface area contributed by atoms with Crippen molar-refractivity contribution in [2.45, 2.75) is 6.92 Å². The highest BCUT2D eigenvalue weighted by molar-refractivity contribution is 7.17. The summed E-state index contributed by atoms with van der Waals surface area (Å²) in [5.74, 6) is -1.01. The number of rotatable bonds is 4. The van der Waals surface area contributed by atoms with Gasteiger partial charge in [0.25, 0.3) is 5.91 Å². The summed E-state index contributed by atoms with van der Waals surface area (Å²) in [5, 5.41) is 6.26. The van der Waals surface area contributed by atoms with Crippen LogP contribution in [-0.2, 0) is 0 Å². The van der Waals surface area contributed by atoms with Crippen LogP contribution in [0.3, 0.4) is 0 Å². The molecule has 1 aromatic heterocycles. The molecule has 0 radical (unpaired) electrons. The van der Waals surface area contributed by atoms with Crippen molar-refractivity contribution in [1.82, 2.24) is 4.98 Å². The van der Waals surface area contributed by atoms with Crippen LogP contribution in [0.1, 0.15) is 15.4 Å². The first-order valence-corrected chi connectivity index (χ1v) is 7.90. The first-order valence-electron chi connectivity index (χ1n) is 7.08. The molecule has 0 bridgehead atoms. The zero-order valence-corrected chi connectivity index (χ0v) is 13.5. The summed E-state index contributed by atoms with van der Waals surface area (Å²) in [7, 11) is 0. The van der Waals surface area contributed by atoms with E-state index in [0.29, 0.717) is 27.1 Å². The summed E-state index contributed by atoms with van der Waals surface area (Å²) >= 11 is 1.19. The van der Waals surface area contributed by atoms with Crippen molar-refractivity contribution in [3.63, 3.8) is 0 Å². The van der Waals surface area contributed by atoms with Crippen molar-refractivity contribution in [2.24, 2.45) is 0 Å². The van der Waals surface area contributed by atoms with Gasteiger partial charge in [0.2, 0.25) is 0 Å². The maximum absolute atomic E-state index is 12.9. The van der Waals surface area contributed by atoms with E-state index in [9.17, 15) is 13.6 Å². The number of hydrogen-bond donors (Lipinski definition) is 2. The lowest BCUT2D eigenvalue weighted by Crippen LogP contribution is -2.11. The Balaban J connectivity index is 1.74. The van der Waals surface area contributed by atoms with Gasteiger partial charge in [0.05, 0.1) is 5.69 Å². The normalized spacial score (nSPS) is 10.5. The molecule has 0 spiro atoms. The lowest BCUT2D eigenvalue weighted by atomic mass is 10.3. The summed E-state index contributed by atoms with van der Waals surface area (Å²) in [5.41, 5.74) is 1.75. The summed E-state index contributed by atoms with van der Waals surface area (Å²) in [4.78, 5) is 17.1. The number of carbonyl (C=O) groups is 1. The molecule has 122 valence electrons. The Labute approximate surface area is 141 Å². The second-order valence-corrected chi connectivity index (χ2v) is 6.03. The van der Waals surface area contributed by atoms with E-state index in [4.69, 9.17) is 0 Å². The van der Waals surface area contributed by atoms with E-state index >= 15 is 0 Å². The van der Waals surface area contributed by atoms with Crippen LogP contribution in [-0.4, -0.2) is 10.9 Å². The summed E-state index contributed by atoms with van der Waals surface area (Å²) < 4.78 is 25.8. The van der Waals surface area contributed by atoms with Crippen LogP contribution in [0.5, 0.6) is 0 Å². The first-order chi connectivity index (χ1) is 11.5. The fourth-order valence-electron chi connectivity index (χ4n) is 2.04. The Morgan fingerprint density at radius 2 is 1.50 bits per heavy atom. The lowest BCUT2D eigenvalue weighted by molar-refractivity contribution is 0.103. The van der Waals surface area contributed by atoms with Crippen molar-refractivity contribution < 1.29 is 13.6 Å². The Hall–Kier alpha value is -2.80. The number of hydrogen-bond acceptors (Lipinski definition) is 4. The average Bonchev–Trinajstić information content (AvgIpc) is 2.92. The zero-order valence-electron chi connectivity index (χ0n) is 12.6. The quantitative estimate of drug-likeness (QED) is 0.719. The van der Waals surface area contributed by atoms with Gasteiger partial charge in [-0.3, -0.25) is 4.79 Å². The number of aromatic nitrogens is 1. The van der Waals surface area contributed by atoms with Gasteiger partial charge in [-0.05, 0) is 55.5 Å². The summed E-state index contributed by atoms with van der Waals surface area (Å²) in [6.07, 6.45) is 0. The standard InChI is InChI=1S/C17H13F2N3OS/c1-10-15(16(23)21-13-6-2-11(18)3-7-13)24-17(20-10)22-14-8-4-12(19)5-9-14/h2-9H,1H3,(H,20,22)(H,21,23). The molecule has 2 aromatic carbocycles. The number of anilines is 3. The minimum atomic E-state index is -0.368. The SMILES string of the molecule is Cc1nc(Nc2ccc(F)cc2)sc1C(=O)Nc1ccc(F)cc1. The highest BCUT2D eigenvalue weighted by Gasteiger charge is 2.15. The number of aryl methyl sites for hydroxylation is 1. The van der Waals surface area contributed by atoms with Gasteiger partial charge in [-0.15, -0.1) is 0 Å². The third kappa shape index (κ3) is 3.75. The maximum Gasteiger partial charge on any atom is 0.267 e. The van der Waals surface area contributed by atoms with Crippen LogP contribution in [0.25, 0.3) is 0 Å². The van der Waals surface area contributed by atoms with E-state index in [-0.39, 0.29) is 17.5 Å². The highest BCUT2D eigenvalue weighted by Crippen LogP contribution is 2.26. The third-order valence-corrected chi connectivity index (χ3v) is 4.27. The number of halogens is 2. The smallest absolute Gasteiger partial charge is 0.267 e. The van der Waals surface area contributed by atoms with E-state index in [1.807, 2.05) is 0 Å². The second kappa shape index (κ2) is 6.76. The van der Waals surface area contributed by atoms with Gasteiger partial charge >= 0.3 is 0 Å². The molecule has 7 heteroatoms. The number of carbonyl (C=O) groups excluding carboxylic acids is 1. The summed E-state index contributed by atoms with van der Waals surface area (Å²) in [6.45, 7) is 1.73. The molecule has 0 unspecified atom stereocenters. The van der Waals surface area contributed by atoms with Crippen LogP contribution in [0.4, 0.5) is 25.3 Å². The molecule has 0 saturated heterocycles. The van der Waals surface area contributed by atoms with Crippen molar-refractivity contribution in [3.8, 4) is 0 Å². The Morgan fingerprint density at radius 3 is 2.08 bits per heavy atom. The molecule has 24 heavy (non-hydrogen) atoms. The van der Waals surface area contributed by atoms with Crippen molar-refractivity contribution in [1.29, 1.82) is 0 Å². The van der Waals surface area contributed by atoms with Gasteiger partial charge in [0.15, 0.2) is 5.13 Å². The van der Waals surface area contributed by atoms with E-state index < -0.39 is 0 Å². The van der Waals surface area contributed by atoms with Gasteiger partial charge in [-0.25, -0.2) is 13.8 Å². The molecule has 3 aromatic rings. The third-order valence-electron chi connectivity index (χ3n) is 3.20. The van der Waals surface area contributed by atoms with Gasteiger partial charge in [-0.1, -0.05) is 11.3 Å². The molecule has 0 saturated carbocycles. The Morgan fingerprint density at radius 1 is 0.958 bits per heavy atom. The second-order valence-electron chi connectivity index (χ2n) is 5.03. The van der Waals surface area contributed by atoms with Crippen LogP contribution < -0.4 is 10.6 Å². The van der Waals surface area contributed by atoms with E-state index in [0.717, 1.165) is 0 Å². The van der Waals surface area contributed by atoms with Gasteiger partial charge in [0, 0.05) is 11.4 Å². The predicted octanol–water partition coefficient (Wildman–Crippen LogP) is 4.73. The molecular formula is C17H13F2N3OS. The highest BCUT2D eigenvalue weighted by atomic mass is 32.1. The van der Waals surface area contributed by atoms with E-state index in [2.05, 4.69) is 15.6 Å². The number of nitrogens with one attached hydrogen (secondary N) is 2. The fourth-order valence-corrected chi connectivity index (χ4v) is 2.92. The van der Waals surface area contributed by atoms with Crippen molar-refractivity contribution in [2.75, 3.05) is 10.6 Å². The number of amides is 1. The van der Waals surface area contributed by atoms with Crippen LogP contribution in [0.2, 0.25) is 0 Å². The van der Waals surface area contributed by atoms with Gasteiger partial charge in [0.1, 0.15) is 16.5 Å². The molecule has 4 nitrogen and oxygen atoms in total. The molecule has 0 fully saturated rings. The first kappa shape index (κ1) is 16.1. The molecule has 1 amide bonds. The lowest BCUT2D eigenvalue weighted by Gasteiger charge is -2.03. The molecular weight excluding hydrogens is 332 g/mol. The van der Waals surface area contributed by atoms with E-state index in [1.54, 1.807) is 19.1 Å². The topological polar surface area (TPSA) is 54.0 Å². The average molecular weight is 345 g/mol. The maximum atomic E-state index is 12.9. The zero-order chi connectivity index (χ0) is 17.1. The number of nitrogens with zero attached hydrogens (tertiary/aromatic N) is 1. The van der Waals surface area contributed by atoms with Crippen LogP contribution >= 0.6 is 11.3 Å². The number of thiazole rings is 1. The molecule has 2 N–H and O–H groups in total. The minimum absolute atomic E-state index is 0.316. The summed E-state index contributed by atoms with van der Waals surface area (Å²) in [6, 6.07) is 11.4. The molecule has 0 aliphatic heterocycles. The molecule has 1 heterocycles. The Bertz CT molecular complexity index is 861.